The number of anilines is 1. The second-order valence-corrected chi connectivity index (χ2v) is 3.56. The summed E-state index contributed by atoms with van der Waals surface area (Å²) in [6.45, 7) is 0. The van der Waals surface area contributed by atoms with E-state index in [9.17, 15) is 0 Å². The third-order valence-corrected chi connectivity index (χ3v) is 2.83. The van der Waals surface area contributed by atoms with E-state index in [1.54, 1.807) is 10.6 Å². The molecule has 0 aliphatic heterocycles. The van der Waals surface area contributed by atoms with E-state index in [0.717, 1.165) is 10.1 Å². The zero-order valence-corrected chi connectivity index (χ0v) is 8.30. The van der Waals surface area contributed by atoms with Gasteiger partial charge in [0, 0.05) is 0 Å². The Bertz CT molecular complexity index is 437. The van der Waals surface area contributed by atoms with Gasteiger partial charge >= 0.3 is 0 Å². The highest BCUT2D eigenvalue weighted by Crippen LogP contribution is 2.25. The molecule has 2 N–H and O–H groups in total. The number of halogens is 2. The molecule has 2 aromatic heterocycles. The van der Waals surface area contributed by atoms with Crippen molar-refractivity contribution in [2.45, 2.75) is 0 Å². The average Bonchev–Trinajstić information content (AvgIpc) is 2.41. The molecule has 0 atom stereocenters. The van der Waals surface area contributed by atoms with Crippen LogP contribution in [-0.2, 0) is 0 Å². The topological polar surface area (TPSA) is 43.3 Å². The molecule has 62 valence electrons. The molecule has 0 aliphatic rings. The minimum absolute atomic E-state index is 0.538. The molecular weight excluding hydrogens is 241 g/mol. The maximum absolute atomic E-state index is 5.97. The van der Waals surface area contributed by atoms with Gasteiger partial charge in [0.2, 0.25) is 0 Å². The summed E-state index contributed by atoms with van der Waals surface area (Å²) in [6.07, 6.45) is 1.58. The van der Waals surface area contributed by atoms with Crippen LogP contribution in [0.15, 0.2) is 22.8 Å². The third-order valence-electron chi connectivity index (χ3n) is 1.59. The molecule has 0 bridgehead atoms. The Kier molecular flexibility index (Phi) is 1.73. The molecule has 0 fully saturated rings. The summed E-state index contributed by atoms with van der Waals surface area (Å²) < 4.78 is 2.48. The van der Waals surface area contributed by atoms with Gasteiger partial charge in [0.15, 0.2) is 0 Å². The summed E-state index contributed by atoms with van der Waals surface area (Å²) in [4.78, 5) is 4.05. The summed E-state index contributed by atoms with van der Waals surface area (Å²) in [7, 11) is 0. The normalized spacial score (nSPS) is 10.8. The Balaban J connectivity index is 2.96. The number of hydrogen-bond acceptors (Lipinski definition) is 2. The quantitative estimate of drug-likeness (QED) is 0.725. The van der Waals surface area contributed by atoms with Crippen LogP contribution in [0.25, 0.3) is 5.65 Å². The second-order valence-electron chi connectivity index (χ2n) is 2.35. The SMILES string of the molecule is Nc1cnc2ccc(Br)c(Cl)n12. The number of nitrogen functional groups attached to an aromatic ring is 1. The highest BCUT2D eigenvalue weighted by molar-refractivity contribution is 9.10. The molecule has 0 aliphatic carbocycles. The smallest absolute Gasteiger partial charge is 0.139 e. The van der Waals surface area contributed by atoms with E-state index in [0.29, 0.717) is 11.0 Å². The summed E-state index contributed by atoms with van der Waals surface area (Å²) in [5.74, 6) is 0.538. The number of imidazole rings is 1. The van der Waals surface area contributed by atoms with Gasteiger partial charge < -0.3 is 5.73 Å². The van der Waals surface area contributed by atoms with Crippen molar-refractivity contribution in [3.8, 4) is 0 Å². The molecule has 0 unspecified atom stereocenters. The van der Waals surface area contributed by atoms with Gasteiger partial charge in [0.25, 0.3) is 0 Å². The molecule has 3 nitrogen and oxygen atoms in total. The second kappa shape index (κ2) is 2.64. The lowest BCUT2D eigenvalue weighted by atomic mass is 10.5. The van der Waals surface area contributed by atoms with Crippen LogP contribution in [0.2, 0.25) is 5.15 Å². The van der Waals surface area contributed by atoms with Crippen LogP contribution in [-0.4, -0.2) is 9.38 Å². The number of nitrogens with zero attached hydrogens (tertiary/aromatic N) is 2. The van der Waals surface area contributed by atoms with Crippen molar-refractivity contribution in [3.05, 3.63) is 28.0 Å². The molecule has 0 radical (unpaired) electrons. The lowest BCUT2D eigenvalue weighted by Gasteiger charge is -2.00. The van der Waals surface area contributed by atoms with Gasteiger partial charge in [-0.3, -0.25) is 4.40 Å². The molecule has 5 heteroatoms. The fourth-order valence-electron chi connectivity index (χ4n) is 1.03. The molecule has 12 heavy (non-hydrogen) atoms. The molecule has 0 amide bonds. The van der Waals surface area contributed by atoms with Crippen LogP contribution >= 0.6 is 27.5 Å². The Hall–Kier alpha value is -0.740. The molecule has 2 rings (SSSR count). The van der Waals surface area contributed by atoms with E-state index in [1.807, 2.05) is 12.1 Å². The first-order chi connectivity index (χ1) is 5.70. The highest BCUT2D eigenvalue weighted by Gasteiger charge is 2.05. The Morgan fingerprint density at radius 2 is 2.25 bits per heavy atom. The summed E-state index contributed by atoms with van der Waals surface area (Å²) in [6, 6.07) is 3.68. The van der Waals surface area contributed by atoms with Crippen molar-refractivity contribution in [3.63, 3.8) is 0 Å². The summed E-state index contributed by atoms with van der Waals surface area (Å²) >= 11 is 9.27. The lowest BCUT2D eigenvalue weighted by molar-refractivity contribution is 1.18. The molecule has 0 saturated heterocycles. The first kappa shape index (κ1) is 7.89. The number of nitrogens with two attached hydrogens (primary N) is 1. The minimum Gasteiger partial charge on any atom is -0.383 e. The highest BCUT2D eigenvalue weighted by atomic mass is 79.9. The van der Waals surface area contributed by atoms with Crippen molar-refractivity contribution in [1.82, 2.24) is 9.38 Å². The van der Waals surface area contributed by atoms with Gasteiger partial charge in [-0.2, -0.15) is 0 Å². The number of hydrogen-bond donors (Lipinski definition) is 1. The van der Waals surface area contributed by atoms with E-state index < -0.39 is 0 Å². The van der Waals surface area contributed by atoms with Crippen molar-refractivity contribution >= 4 is 39.0 Å². The van der Waals surface area contributed by atoms with Gasteiger partial charge in [0.1, 0.15) is 16.6 Å². The number of rotatable bonds is 0. The van der Waals surface area contributed by atoms with Gasteiger partial charge in [-0.25, -0.2) is 4.98 Å². The largest absolute Gasteiger partial charge is 0.383 e. The van der Waals surface area contributed by atoms with Crippen molar-refractivity contribution < 1.29 is 0 Å². The average molecular weight is 246 g/mol. The fraction of sp³-hybridized carbons (Fsp3) is 0. The van der Waals surface area contributed by atoms with E-state index in [1.165, 1.54) is 0 Å². The Morgan fingerprint density at radius 3 is 3.00 bits per heavy atom. The lowest BCUT2D eigenvalue weighted by Crippen LogP contribution is -1.94. The first-order valence-electron chi connectivity index (χ1n) is 3.27. The van der Waals surface area contributed by atoms with Crippen LogP contribution in [0.1, 0.15) is 0 Å². The predicted molar refractivity (Wildman–Crippen MR) is 52.3 cm³/mol. The molecule has 2 heterocycles. The standard InChI is InChI=1S/C7H5BrClN3/c8-4-1-2-6-11-3-5(10)12(6)7(4)9/h1-3H,10H2. The van der Waals surface area contributed by atoms with Crippen LogP contribution < -0.4 is 5.73 Å². The molecule has 0 spiro atoms. The third kappa shape index (κ3) is 0.990. The number of aromatic nitrogens is 2. The van der Waals surface area contributed by atoms with Crippen molar-refractivity contribution in [2.24, 2.45) is 0 Å². The predicted octanol–water partition coefficient (Wildman–Crippen LogP) is 2.33. The van der Waals surface area contributed by atoms with Crippen LogP contribution in [0.5, 0.6) is 0 Å². The maximum Gasteiger partial charge on any atom is 0.139 e. The van der Waals surface area contributed by atoms with Crippen molar-refractivity contribution in [2.75, 3.05) is 5.73 Å². The minimum atomic E-state index is 0.538. The summed E-state index contributed by atoms with van der Waals surface area (Å²) in [5.41, 5.74) is 6.39. The van der Waals surface area contributed by atoms with E-state index in [2.05, 4.69) is 20.9 Å². The number of fused-ring (bicyclic) bond motifs is 1. The zero-order chi connectivity index (χ0) is 8.72. The summed E-state index contributed by atoms with van der Waals surface area (Å²) in [5, 5.41) is 0.544. The zero-order valence-electron chi connectivity index (χ0n) is 5.96. The Morgan fingerprint density at radius 1 is 1.50 bits per heavy atom. The Labute approximate surface area is 82.3 Å². The van der Waals surface area contributed by atoms with E-state index in [4.69, 9.17) is 17.3 Å². The molecule has 2 aromatic rings. The van der Waals surface area contributed by atoms with Crippen LogP contribution in [0, 0.1) is 0 Å². The monoisotopic (exact) mass is 245 g/mol. The number of pyridine rings is 1. The molecular formula is C7H5BrClN3. The van der Waals surface area contributed by atoms with E-state index >= 15 is 0 Å². The van der Waals surface area contributed by atoms with Gasteiger partial charge in [-0.1, -0.05) is 11.6 Å². The van der Waals surface area contributed by atoms with Crippen LogP contribution in [0.3, 0.4) is 0 Å². The molecule has 0 aromatic carbocycles. The first-order valence-corrected chi connectivity index (χ1v) is 4.44. The van der Waals surface area contributed by atoms with E-state index in [-0.39, 0.29) is 0 Å². The fourth-order valence-corrected chi connectivity index (χ4v) is 1.59. The van der Waals surface area contributed by atoms with Gasteiger partial charge in [-0.15, -0.1) is 0 Å². The molecule has 0 saturated carbocycles. The van der Waals surface area contributed by atoms with Gasteiger partial charge in [0.05, 0.1) is 10.7 Å². The van der Waals surface area contributed by atoms with Crippen molar-refractivity contribution in [1.29, 1.82) is 0 Å². The van der Waals surface area contributed by atoms with Gasteiger partial charge in [-0.05, 0) is 28.1 Å². The maximum atomic E-state index is 5.97. The van der Waals surface area contributed by atoms with Crippen LogP contribution in [0.4, 0.5) is 5.82 Å².